The Bertz CT molecular complexity index is 1090. The van der Waals surface area contributed by atoms with Crippen LogP contribution in [0.4, 0.5) is 0 Å². The minimum atomic E-state index is -0.767. The zero-order chi connectivity index (χ0) is 26.2. The molecule has 1 aliphatic rings. The van der Waals surface area contributed by atoms with Gasteiger partial charge in [-0.2, -0.15) is 0 Å². The van der Waals surface area contributed by atoms with Gasteiger partial charge < -0.3 is 29.1 Å². The zero-order valence-electron chi connectivity index (χ0n) is 21.7. The number of methoxy groups -OCH3 is 2. The van der Waals surface area contributed by atoms with Crippen LogP contribution in [0.1, 0.15) is 44.4 Å². The Morgan fingerprint density at radius 3 is 2.22 bits per heavy atom. The molecule has 8 nitrogen and oxygen atoms in total. The number of Topliss-reactive ketones (excluding diaryl/α,β-unsaturated/α-hetero) is 1. The van der Waals surface area contributed by atoms with Crippen LogP contribution in [0.25, 0.3) is 5.76 Å². The lowest BCUT2D eigenvalue weighted by molar-refractivity contribution is -0.140. The minimum absolute atomic E-state index is 0.0500. The summed E-state index contributed by atoms with van der Waals surface area (Å²) in [7, 11) is 3.07. The van der Waals surface area contributed by atoms with Crippen molar-refractivity contribution >= 4 is 17.4 Å². The number of carbonyl (C=O) groups excluding carboxylic acids is 2. The van der Waals surface area contributed by atoms with Crippen molar-refractivity contribution in [2.24, 2.45) is 0 Å². The quantitative estimate of drug-likeness (QED) is 0.267. The third-order valence-corrected chi connectivity index (χ3v) is 6.42. The van der Waals surface area contributed by atoms with Gasteiger partial charge in [-0.3, -0.25) is 9.59 Å². The van der Waals surface area contributed by atoms with E-state index in [9.17, 15) is 14.7 Å². The largest absolute Gasteiger partial charge is 0.507 e. The number of carbonyl (C=O) groups is 2. The Morgan fingerprint density at radius 1 is 0.972 bits per heavy atom. The van der Waals surface area contributed by atoms with Crippen LogP contribution in [0.2, 0.25) is 0 Å². The second kappa shape index (κ2) is 12.4. The first-order chi connectivity index (χ1) is 17.4. The molecule has 2 aromatic carbocycles. The predicted octanol–water partition coefficient (Wildman–Crippen LogP) is 4.26. The van der Waals surface area contributed by atoms with Crippen LogP contribution in [0.15, 0.2) is 48.0 Å². The van der Waals surface area contributed by atoms with Gasteiger partial charge in [0.15, 0.2) is 11.5 Å². The molecule has 1 aliphatic heterocycles. The van der Waals surface area contributed by atoms with Gasteiger partial charge in [-0.1, -0.05) is 26.8 Å². The lowest BCUT2D eigenvalue weighted by Gasteiger charge is -2.28. The van der Waals surface area contributed by atoms with Crippen LogP contribution in [0.5, 0.6) is 17.2 Å². The summed E-state index contributed by atoms with van der Waals surface area (Å²) in [5.74, 6) is 0.111. The highest BCUT2D eigenvalue weighted by Crippen LogP contribution is 2.42. The number of amides is 1. The Hall–Kier alpha value is -3.52. The number of ketones is 1. The van der Waals surface area contributed by atoms with Gasteiger partial charge in [-0.15, -0.1) is 0 Å². The molecule has 194 valence electrons. The van der Waals surface area contributed by atoms with E-state index in [2.05, 4.69) is 18.7 Å². The Morgan fingerprint density at radius 2 is 1.64 bits per heavy atom. The molecule has 1 atom stereocenters. The van der Waals surface area contributed by atoms with E-state index in [1.165, 1.54) is 12.0 Å². The van der Waals surface area contributed by atoms with Crippen molar-refractivity contribution in [3.63, 3.8) is 0 Å². The Balaban J connectivity index is 2.09. The average molecular weight is 497 g/mol. The molecule has 2 aromatic rings. The number of likely N-dealkylation sites (N-methyl/N-ethyl adjacent to an activating group) is 1. The van der Waals surface area contributed by atoms with E-state index >= 15 is 0 Å². The molecule has 0 aromatic heterocycles. The SMILES string of the molecule is CCCOc1ccc(/C(O)=C2/C(=O)C(=O)N(CCN(CC)CC)C2c2ccc(OC)c(OC)c2)cc1. The molecule has 1 amide bonds. The molecule has 0 spiro atoms. The first-order valence-electron chi connectivity index (χ1n) is 12.4. The summed E-state index contributed by atoms with van der Waals surface area (Å²) in [5.41, 5.74) is 1.14. The second-order valence-electron chi connectivity index (χ2n) is 8.51. The first-order valence-corrected chi connectivity index (χ1v) is 12.4. The van der Waals surface area contributed by atoms with E-state index in [1.807, 2.05) is 6.92 Å². The summed E-state index contributed by atoms with van der Waals surface area (Å²) in [5, 5.41) is 11.3. The summed E-state index contributed by atoms with van der Waals surface area (Å²) in [4.78, 5) is 30.2. The molecule has 0 aliphatic carbocycles. The average Bonchev–Trinajstić information content (AvgIpc) is 3.16. The van der Waals surface area contributed by atoms with Gasteiger partial charge in [-0.25, -0.2) is 0 Å². The Kier molecular flexibility index (Phi) is 9.36. The highest BCUT2D eigenvalue weighted by atomic mass is 16.5. The summed E-state index contributed by atoms with van der Waals surface area (Å²) in [6.07, 6.45) is 0.879. The van der Waals surface area contributed by atoms with E-state index < -0.39 is 17.7 Å². The number of nitrogens with zero attached hydrogens (tertiary/aromatic N) is 2. The molecular formula is C28H36N2O6. The van der Waals surface area contributed by atoms with Gasteiger partial charge >= 0.3 is 0 Å². The van der Waals surface area contributed by atoms with Crippen LogP contribution >= 0.6 is 0 Å². The summed E-state index contributed by atoms with van der Waals surface area (Å²) >= 11 is 0. The number of benzene rings is 2. The van der Waals surface area contributed by atoms with E-state index in [4.69, 9.17) is 14.2 Å². The van der Waals surface area contributed by atoms with Crippen molar-refractivity contribution < 1.29 is 28.9 Å². The molecule has 1 unspecified atom stereocenters. The number of hydrogen-bond donors (Lipinski definition) is 1. The third-order valence-electron chi connectivity index (χ3n) is 6.42. The highest BCUT2D eigenvalue weighted by molar-refractivity contribution is 6.46. The fraction of sp³-hybridized carbons (Fsp3) is 0.429. The van der Waals surface area contributed by atoms with Crippen molar-refractivity contribution in [3.8, 4) is 17.2 Å². The molecule has 36 heavy (non-hydrogen) atoms. The summed E-state index contributed by atoms with van der Waals surface area (Å²) < 4.78 is 16.5. The van der Waals surface area contributed by atoms with Crippen molar-refractivity contribution in [3.05, 3.63) is 59.2 Å². The van der Waals surface area contributed by atoms with Crippen molar-refractivity contribution in [1.82, 2.24) is 9.80 Å². The van der Waals surface area contributed by atoms with Crippen LogP contribution < -0.4 is 14.2 Å². The molecule has 8 heteroatoms. The van der Waals surface area contributed by atoms with E-state index in [1.54, 1.807) is 49.6 Å². The maximum Gasteiger partial charge on any atom is 0.295 e. The van der Waals surface area contributed by atoms with E-state index in [-0.39, 0.29) is 11.3 Å². The van der Waals surface area contributed by atoms with Crippen LogP contribution in [0.3, 0.4) is 0 Å². The predicted molar refractivity (Wildman–Crippen MR) is 139 cm³/mol. The maximum atomic E-state index is 13.3. The fourth-order valence-electron chi connectivity index (χ4n) is 4.35. The molecule has 1 heterocycles. The smallest absolute Gasteiger partial charge is 0.295 e. The number of aliphatic hydroxyl groups excluding tert-OH is 1. The standard InChI is InChI=1S/C28H36N2O6/c1-6-17-36-21-12-9-19(10-13-21)26(31)24-25(20-11-14-22(34-4)23(18-20)35-5)30(28(33)27(24)32)16-15-29(7-2)8-3/h9-14,18,25,31H,6-8,15-17H2,1-5H3/b26-24-. The van der Waals surface area contributed by atoms with Crippen LogP contribution in [-0.4, -0.2) is 73.6 Å². The van der Waals surface area contributed by atoms with E-state index in [0.29, 0.717) is 48.1 Å². The zero-order valence-corrected chi connectivity index (χ0v) is 21.7. The van der Waals surface area contributed by atoms with Gasteiger partial charge in [0.25, 0.3) is 11.7 Å². The van der Waals surface area contributed by atoms with Gasteiger partial charge in [0.05, 0.1) is 32.4 Å². The number of hydrogen-bond acceptors (Lipinski definition) is 7. The van der Waals surface area contributed by atoms with Crippen molar-refractivity contribution in [2.75, 3.05) is 47.0 Å². The first kappa shape index (κ1) is 27.1. The fourth-order valence-corrected chi connectivity index (χ4v) is 4.35. The number of rotatable bonds is 12. The lowest BCUT2D eigenvalue weighted by atomic mass is 9.95. The third kappa shape index (κ3) is 5.65. The normalized spacial score (nSPS) is 17.1. The molecular weight excluding hydrogens is 460 g/mol. The molecule has 1 N–H and O–H groups in total. The number of aliphatic hydroxyl groups is 1. The second-order valence-corrected chi connectivity index (χ2v) is 8.51. The van der Waals surface area contributed by atoms with Crippen LogP contribution in [-0.2, 0) is 9.59 Å². The monoisotopic (exact) mass is 496 g/mol. The molecule has 1 saturated heterocycles. The maximum absolute atomic E-state index is 13.3. The molecule has 3 rings (SSSR count). The van der Waals surface area contributed by atoms with Gasteiger partial charge in [0.1, 0.15) is 11.5 Å². The van der Waals surface area contributed by atoms with Crippen molar-refractivity contribution in [1.29, 1.82) is 0 Å². The summed E-state index contributed by atoms with van der Waals surface area (Å²) in [6, 6.07) is 11.4. The summed E-state index contributed by atoms with van der Waals surface area (Å²) in [6.45, 7) is 9.31. The van der Waals surface area contributed by atoms with Crippen LogP contribution in [0, 0.1) is 0 Å². The number of ether oxygens (including phenoxy) is 3. The van der Waals surface area contributed by atoms with Gasteiger partial charge in [0, 0.05) is 18.7 Å². The topological polar surface area (TPSA) is 88.5 Å². The lowest BCUT2D eigenvalue weighted by Crippen LogP contribution is -2.38. The minimum Gasteiger partial charge on any atom is -0.507 e. The molecule has 1 fully saturated rings. The van der Waals surface area contributed by atoms with E-state index in [0.717, 1.165) is 19.5 Å². The molecule has 0 bridgehead atoms. The van der Waals surface area contributed by atoms with Gasteiger partial charge in [0.2, 0.25) is 0 Å². The highest BCUT2D eigenvalue weighted by Gasteiger charge is 2.46. The van der Waals surface area contributed by atoms with Crippen molar-refractivity contribution in [2.45, 2.75) is 33.2 Å². The number of likely N-dealkylation sites (tertiary alicyclic amines) is 1. The molecule has 0 saturated carbocycles. The van der Waals surface area contributed by atoms with Gasteiger partial charge in [-0.05, 0) is 61.5 Å². The molecule has 0 radical (unpaired) electrons. The Labute approximate surface area is 213 Å².